The number of thiophene rings is 1. The number of hydrogen-bond acceptors (Lipinski definition) is 6. The van der Waals surface area contributed by atoms with Gasteiger partial charge in [-0.1, -0.05) is 13.0 Å². The van der Waals surface area contributed by atoms with Gasteiger partial charge in [-0.25, -0.2) is 4.79 Å². The number of methoxy groups -OCH3 is 2. The van der Waals surface area contributed by atoms with Crippen molar-refractivity contribution in [1.82, 2.24) is 0 Å². The summed E-state index contributed by atoms with van der Waals surface area (Å²) in [5, 5.41) is 3.37. The van der Waals surface area contributed by atoms with E-state index in [1.165, 1.54) is 18.4 Å². The number of esters is 1. The van der Waals surface area contributed by atoms with Crippen LogP contribution in [0.25, 0.3) is 0 Å². The van der Waals surface area contributed by atoms with E-state index >= 15 is 0 Å². The van der Waals surface area contributed by atoms with Gasteiger partial charge in [0.2, 0.25) is 0 Å². The van der Waals surface area contributed by atoms with Crippen LogP contribution < -0.4 is 14.8 Å². The molecule has 0 unspecified atom stereocenters. The van der Waals surface area contributed by atoms with Crippen molar-refractivity contribution < 1.29 is 23.8 Å². The van der Waals surface area contributed by atoms with Crippen molar-refractivity contribution in [2.24, 2.45) is 5.92 Å². The summed E-state index contributed by atoms with van der Waals surface area (Å²) in [5.41, 5.74) is 2.52. The molecule has 3 rings (SSSR count). The highest BCUT2D eigenvalue weighted by atomic mass is 32.1. The maximum absolute atomic E-state index is 12.5. The topological polar surface area (TPSA) is 73.9 Å². The molecule has 28 heavy (non-hydrogen) atoms. The van der Waals surface area contributed by atoms with E-state index < -0.39 is 5.97 Å². The first-order valence-electron chi connectivity index (χ1n) is 9.23. The lowest BCUT2D eigenvalue weighted by Crippen LogP contribution is -2.21. The molecule has 1 aromatic carbocycles. The second-order valence-corrected chi connectivity index (χ2v) is 8.14. The Morgan fingerprint density at radius 3 is 2.75 bits per heavy atom. The zero-order valence-corrected chi connectivity index (χ0v) is 17.4. The molecule has 6 nitrogen and oxygen atoms in total. The van der Waals surface area contributed by atoms with Crippen molar-refractivity contribution in [3.63, 3.8) is 0 Å². The smallest absolute Gasteiger partial charge is 0.341 e. The number of benzene rings is 1. The number of carbonyl (C=O) groups excluding carboxylic acids is 2. The molecule has 0 bridgehead atoms. The minimum Gasteiger partial charge on any atom is -0.493 e. The van der Waals surface area contributed by atoms with Crippen LogP contribution >= 0.6 is 11.3 Å². The maximum Gasteiger partial charge on any atom is 0.341 e. The van der Waals surface area contributed by atoms with Gasteiger partial charge in [0.1, 0.15) is 5.00 Å². The van der Waals surface area contributed by atoms with Crippen molar-refractivity contribution in [2.45, 2.75) is 33.1 Å². The number of hydrogen-bond donors (Lipinski definition) is 1. The Bertz CT molecular complexity index is 889. The fourth-order valence-corrected chi connectivity index (χ4v) is 4.77. The molecule has 7 heteroatoms. The van der Waals surface area contributed by atoms with Crippen LogP contribution in [-0.4, -0.2) is 32.7 Å². The summed E-state index contributed by atoms with van der Waals surface area (Å²) < 4.78 is 15.9. The third kappa shape index (κ3) is 4.30. The standard InChI is InChI=1S/C21H25NO5S/c1-12-6-8-15(16(9-12)25-3)27-11-18(23)22-20-19(21(24)26-4)14-7-5-13(2)10-17(14)28-20/h6,8-9,13H,5,7,10-11H2,1-4H3,(H,22,23)/t13-/m1/s1. The summed E-state index contributed by atoms with van der Waals surface area (Å²) in [5.74, 6) is 0.889. The van der Waals surface area contributed by atoms with Crippen molar-refractivity contribution in [3.8, 4) is 11.5 Å². The largest absolute Gasteiger partial charge is 0.493 e. The molecule has 1 aliphatic rings. The number of amides is 1. The van der Waals surface area contributed by atoms with E-state index in [4.69, 9.17) is 14.2 Å². The van der Waals surface area contributed by atoms with Gasteiger partial charge in [0.25, 0.3) is 5.91 Å². The Hall–Kier alpha value is -2.54. The average molecular weight is 404 g/mol. The first-order chi connectivity index (χ1) is 13.4. The maximum atomic E-state index is 12.5. The first kappa shape index (κ1) is 20.2. The number of aryl methyl sites for hydroxylation is 1. The SMILES string of the molecule is COC(=O)c1c(NC(=O)COc2ccc(C)cc2OC)sc2c1CC[C@@H](C)C2. The first-order valence-corrected chi connectivity index (χ1v) is 10.0. The van der Waals surface area contributed by atoms with Crippen LogP contribution in [-0.2, 0) is 22.4 Å². The van der Waals surface area contributed by atoms with Crippen molar-refractivity contribution >= 4 is 28.2 Å². The van der Waals surface area contributed by atoms with Crippen LogP contribution in [0.4, 0.5) is 5.00 Å². The van der Waals surface area contributed by atoms with Gasteiger partial charge in [0.15, 0.2) is 18.1 Å². The van der Waals surface area contributed by atoms with E-state index in [1.807, 2.05) is 19.1 Å². The number of carbonyl (C=O) groups is 2. The Balaban J connectivity index is 1.74. The van der Waals surface area contributed by atoms with E-state index in [-0.39, 0.29) is 12.5 Å². The summed E-state index contributed by atoms with van der Waals surface area (Å²) in [6, 6.07) is 5.50. The zero-order chi connectivity index (χ0) is 20.3. The molecular weight excluding hydrogens is 378 g/mol. The molecule has 0 saturated carbocycles. The van der Waals surface area contributed by atoms with Crippen LogP contribution in [0.15, 0.2) is 18.2 Å². The summed E-state index contributed by atoms with van der Waals surface area (Å²) in [6.45, 7) is 3.97. The lowest BCUT2D eigenvalue weighted by molar-refractivity contribution is -0.118. The molecule has 0 spiro atoms. The van der Waals surface area contributed by atoms with Gasteiger partial charge in [0.05, 0.1) is 19.8 Å². The zero-order valence-electron chi connectivity index (χ0n) is 16.6. The number of nitrogens with one attached hydrogen (secondary N) is 1. The normalized spacial score (nSPS) is 15.5. The van der Waals surface area contributed by atoms with Gasteiger partial charge in [-0.15, -0.1) is 11.3 Å². The summed E-state index contributed by atoms with van der Waals surface area (Å²) in [6.07, 6.45) is 2.76. The number of fused-ring (bicyclic) bond motifs is 1. The summed E-state index contributed by atoms with van der Waals surface area (Å²) >= 11 is 1.46. The number of ether oxygens (including phenoxy) is 3. The van der Waals surface area contributed by atoms with Crippen molar-refractivity contribution in [2.75, 3.05) is 26.1 Å². The van der Waals surface area contributed by atoms with E-state index in [9.17, 15) is 9.59 Å². The van der Waals surface area contributed by atoms with Crippen molar-refractivity contribution in [3.05, 3.63) is 39.8 Å². The predicted molar refractivity (Wildman–Crippen MR) is 109 cm³/mol. The molecule has 2 aromatic rings. The molecule has 1 aliphatic carbocycles. The van der Waals surface area contributed by atoms with Gasteiger partial charge < -0.3 is 19.5 Å². The fourth-order valence-electron chi connectivity index (χ4n) is 3.36. The molecule has 150 valence electrons. The predicted octanol–water partition coefficient (Wildman–Crippen LogP) is 3.99. The second kappa shape index (κ2) is 8.65. The molecule has 0 radical (unpaired) electrons. The minimum absolute atomic E-state index is 0.182. The Kier molecular flexibility index (Phi) is 6.24. The average Bonchev–Trinajstić information content (AvgIpc) is 3.02. The molecule has 1 heterocycles. The fraction of sp³-hybridized carbons (Fsp3) is 0.429. The molecule has 1 amide bonds. The molecule has 0 saturated heterocycles. The van der Waals surface area contributed by atoms with E-state index in [0.29, 0.717) is 28.0 Å². The lowest BCUT2D eigenvalue weighted by atomic mass is 9.88. The number of anilines is 1. The van der Waals surface area contributed by atoms with Crippen LogP contribution in [0.1, 0.15) is 39.7 Å². The highest BCUT2D eigenvalue weighted by molar-refractivity contribution is 7.17. The van der Waals surface area contributed by atoms with Crippen LogP contribution in [0.5, 0.6) is 11.5 Å². The molecule has 1 aromatic heterocycles. The molecule has 0 aliphatic heterocycles. The summed E-state index contributed by atoms with van der Waals surface area (Å²) in [4.78, 5) is 25.9. The lowest BCUT2D eigenvalue weighted by Gasteiger charge is -2.18. The van der Waals surface area contributed by atoms with Crippen molar-refractivity contribution in [1.29, 1.82) is 0 Å². The van der Waals surface area contributed by atoms with Crippen LogP contribution in [0.3, 0.4) is 0 Å². The van der Waals surface area contributed by atoms with Gasteiger partial charge in [-0.05, 0) is 55.4 Å². The second-order valence-electron chi connectivity index (χ2n) is 7.04. The molecule has 0 fully saturated rings. The number of rotatable bonds is 6. The van der Waals surface area contributed by atoms with Gasteiger partial charge in [0, 0.05) is 4.88 Å². The third-order valence-electron chi connectivity index (χ3n) is 4.83. The van der Waals surface area contributed by atoms with Crippen LogP contribution in [0, 0.1) is 12.8 Å². The van der Waals surface area contributed by atoms with Gasteiger partial charge in [-0.2, -0.15) is 0 Å². The molecular formula is C21H25NO5S. The van der Waals surface area contributed by atoms with Gasteiger partial charge >= 0.3 is 5.97 Å². The van der Waals surface area contributed by atoms with Gasteiger partial charge in [-0.3, -0.25) is 4.79 Å². The Morgan fingerprint density at radius 2 is 2.04 bits per heavy atom. The Labute approximate surface area is 168 Å². The quantitative estimate of drug-likeness (QED) is 0.738. The van der Waals surface area contributed by atoms with E-state index in [0.717, 1.165) is 35.3 Å². The Morgan fingerprint density at radius 1 is 1.25 bits per heavy atom. The highest BCUT2D eigenvalue weighted by Crippen LogP contribution is 2.40. The molecule has 1 N–H and O–H groups in total. The van der Waals surface area contributed by atoms with E-state index in [2.05, 4.69) is 12.2 Å². The monoisotopic (exact) mass is 403 g/mol. The highest BCUT2D eigenvalue weighted by Gasteiger charge is 2.28. The minimum atomic E-state index is -0.413. The molecule has 1 atom stereocenters. The third-order valence-corrected chi connectivity index (χ3v) is 6.00. The van der Waals surface area contributed by atoms with E-state index in [1.54, 1.807) is 13.2 Å². The van der Waals surface area contributed by atoms with Crippen LogP contribution in [0.2, 0.25) is 0 Å². The summed E-state index contributed by atoms with van der Waals surface area (Å²) in [7, 11) is 2.91.